The van der Waals surface area contributed by atoms with E-state index in [1.165, 1.54) is 59.5 Å². The molecule has 2 bridgehead atoms. The Balaban J connectivity index is 1.01. The van der Waals surface area contributed by atoms with Crippen molar-refractivity contribution in [3.05, 3.63) is 66.8 Å². The van der Waals surface area contributed by atoms with Crippen LogP contribution < -0.4 is 36.9 Å². The van der Waals surface area contributed by atoms with E-state index in [1.54, 1.807) is 0 Å². The molecule has 19 rings (SSSR count). The van der Waals surface area contributed by atoms with Crippen molar-refractivity contribution in [2.24, 2.45) is 58.2 Å². The van der Waals surface area contributed by atoms with Gasteiger partial charge in [-0.25, -0.2) is 0 Å². The van der Waals surface area contributed by atoms with Gasteiger partial charge in [0.15, 0.2) is 5.41 Å². The highest BCUT2D eigenvalue weighted by Gasteiger charge is 2.83. The van der Waals surface area contributed by atoms with Gasteiger partial charge in [-0.05, 0) is 188 Å². The summed E-state index contributed by atoms with van der Waals surface area (Å²) in [4.78, 5) is 62.9. The summed E-state index contributed by atoms with van der Waals surface area (Å²) >= 11 is 0. The Hall–Kier alpha value is -5.56. The van der Waals surface area contributed by atoms with Gasteiger partial charge in [-0.15, -0.1) is 0 Å². The average Bonchev–Trinajstić information content (AvgIpc) is 4.10. The lowest BCUT2D eigenvalue weighted by molar-refractivity contribution is -0.168. The standard InChI is InChI=1S/C58H54N4O12/c63-8-16(9-64)59-52(71)57(53(72)60-17(10-65)11-66)50-33-23-2-1-20-21-5-6-25-35-29(21)36-28(20)31(23)37-40(33)41-34(51(50)57)24-4-3-22-27-26-7-56(25,58(26,54(73)61-18(12-67)13-68)55(74)62-19(14-69)15-70)49-47(27)39-30(22)32(24)38(41)44-43(37)42(36)46(45(39)44)48(35)49/h5-6,16-21,23,25-26,28-29,31,33,40,63-70H,1-4,7-15H2,(H,59,71)(H,60,72)(H,61,73)(H,62,74). The molecule has 74 heavy (non-hydrogen) atoms. The van der Waals surface area contributed by atoms with Crippen LogP contribution in [-0.2, 0) is 37.4 Å². The highest BCUT2D eigenvalue weighted by atomic mass is 16.3. The number of amides is 4. The van der Waals surface area contributed by atoms with Crippen molar-refractivity contribution in [2.45, 2.75) is 73.5 Å². The first-order chi connectivity index (χ1) is 36.1. The second-order valence-electron chi connectivity index (χ2n) is 24.6. The number of benzene rings is 2. The van der Waals surface area contributed by atoms with Gasteiger partial charge in [0.05, 0.1) is 77.0 Å². The number of hydrogen-bond acceptors (Lipinski definition) is 12. The van der Waals surface area contributed by atoms with E-state index >= 15 is 19.2 Å². The minimum absolute atomic E-state index is 0.0127. The highest BCUT2D eigenvalue weighted by molar-refractivity contribution is 6.43. The number of aliphatic hydroxyl groups excluding tert-OH is 8. The van der Waals surface area contributed by atoms with Crippen LogP contribution in [0.2, 0.25) is 0 Å². The molecule has 1 spiro atoms. The summed E-state index contributed by atoms with van der Waals surface area (Å²) in [7, 11) is 0. The summed E-state index contributed by atoms with van der Waals surface area (Å²) in [5, 5.41) is 109. The number of fused-ring (bicyclic) bond motifs is 5. The molecule has 4 fully saturated rings. The molecular weight excluding hydrogens is 945 g/mol. The molecule has 12 N–H and O–H groups in total. The minimum atomic E-state index is -1.84. The van der Waals surface area contributed by atoms with Crippen molar-refractivity contribution in [1.82, 2.24) is 21.3 Å². The normalized spacial score (nSPS) is 33.0. The molecule has 11 atom stereocenters. The zero-order chi connectivity index (χ0) is 50.0. The number of allylic oxidation sites excluding steroid dienone is 2. The molecule has 0 radical (unpaired) electrons. The summed E-state index contributed by atoms with van der Waals surface area (Å²) < 4.78 is 0. The number of aliphatic hydroxyl groups is 8. The average molecular weight is 999 g/mol. The first kappa shape index (κ1) is 42.6. The summed E-state index contributed by atoms with van der Waals surface area (Å²) in [6.07, 6.45) is 8.10. The quantitative estimate of drug-likeness (QED) is 0.0355. The Labute approximate surface area is 420 Å². The molecule has 0 aliphatic heterocycles. The first-order valence-electron chi connectivity index (χ1n) is 27.1. The van der Waals surface area contributed by atoms with Crippen LogP contribution in [0.3, 0.4) is 0 Å². The molecule has 11 unspecified atom stereocenters. The highest BCUT2D eigenvalue weighted by Crippen LogP contribution is 2.84. The number of rotatable bonds is 16. The number of carbonyl (C=O) groups excluding carboxylic acids is 4. The van der Waals surface area contributed by atoms with Gasteiger partial charge in [0.1, 0.15) is 5.41 Å². The molecule has 378 valence electrons. The Kier molecular flexibility index (Phi) is 7.48. The van der Waals surface area contributed by atoms with E-state index in [-0.39, 0.29) is 53.3 Å². The number of aryl methyl sites for hydroxylation is 2. The molecule has 0 heterocycles. The van der Waals surface area contributed by atoms with Gasteiger partial charge in [0.2, 0.25) is 23.6 Å². The SMILES string of the molecule is O=C(NC(CO)CO)C1(C(=O)NC(CO)CO)C2=C1C1C3C4=c5c6c7c8c9c%10c(c%11c%12c%13c(c2c3c%13c5c7c%10%12)CC%11)C2CC9(C3C=CC5C(C=83)C=6C3C5CCC1C43)C2(C(=O)NC(CO)CO)C(=O)NC(CO)CO. The Morgan fingerprint density at radius 2 is 1.07 bits per heavy atom. The van der Waals surface area contributed by atoms with Gasteiger partial charge in [-0.2, -0.15) is 0 Å². The third-order valence-corrected chi connectivity index (χ3v) is 22.9. The third kappa shape index (κ3) is 3.75. The zero-order valence-electron chi connectivity index (χ0n) is 40.1. The van der Waals surface area contributed by atoms with Crippen molar-refractivity contribution < 1.29 is 60.0 Å². The maximum Gasteiger partial charge on any atom is 0.244 e. The molecule has 4 amide bonds. The van der Waals surface area contributed by atoms with Crippen molar-refractivity contribution in [3.8, 4) is 0 Å². The van der Waals surface area contributed by atoms with E-state index in [9.17, 15) is 40.9 Å². The van der Waals surface area contributed by atoms with E-state index in [0.717, 1.165) is 67.8 Å². The van der Waals surface area contributed by atoms with Gasteiger partial charge < -0.3 is 62.1 Å². The predicted molar refractivity (Wildman–Crippen MR) is 265 cm³/mol. The van der Waals surface area contributed by atoms with Crippen LogP contribution in [0.25, 0.3) is 65.4 Å². The van der Waals surface area contributed by atoms with E-state index in [0.29, 0.717) is 24.8 Å². The number of carbonyl (C=O) groups is 4. The fraction of sp³-hybridized carbons (Fsp3) is 0.517. The molecule has 16 heteroatoms. The van der Waals surface area contributed by atoms with Crippen molar-refractivity contribution in [3.63, 3.8) is 0 Å². The van der Waals surface area contributed by atoms with Gasteiger partial charge in [-0.1, -0.05) is 12.2 Å². The topological polar surface area (TPSA) is 278 Å². The van der Waals surface area contributed by atoms with Crippen molar-refractivity contribution >= 4 is 89.0 Å². The second kappa shape index (κ2) is 13.0. The lowest BCUT2D eigenvalue weighted by Crippen LogP contribution is -2.76. The van der Waals surface area contributed by atoms with Crippen LogP contribution in [0.4, 0.5) is 0 Å². The first-order valence-corrected chi connectivity index (χ1v) is 27.1. The van der Waals surface area contributed by atoms with Gasteiger partial charge in [-0.3, -0.25) is 19.2 Å². The van der Waals surface area contributed by atoms with E-state index in [1.807, 2.05) is 0 Å². The van der Waals surface area contributed by atoms with E-state index < -0.39 is 123 Å². The third-order valence-electron chi connectivity index (χ3n) is 22.9. The molecule has 5 aromatic carbocycles. The number of hydrogen-bond donors (Lipinski definition) is 12. The zero-order valence-corrected chi connectivity index (χ0v) is 40.1. The molecule has 14 aliphatic rings. The monoisotopic (exact) mass is 998 g/mol. The van der Waals surface area contributed by atoms with E-state index in [2.05, 4.69) is 33.4 Å². The molecular formula is C58H54N4O12. The molecule has 4 saturated carbocycles. The summed E-state index contributed by atoms with van der Waals surface area (Å²) in [6, 6.07) is -4.18. The van der Waals surface area contributed by atoms with Crippen LogP contribution in [0.5, 0.6) is 0 Å². The molecule has 16 nitrogen and oxygen atoms in total. The Morgan fingerprint density at radius 3 is 1.70 bits per heavy atom. The van der Waals surface area contributed by atoms with Crippen LogP contribution in [0.15, 0.2) is 17.7 Å². The maximum absolute atomic E-state index is 16.0. The molecule has 0 saturated heterocycles. The summed E-state index contributed by atoms with van der Waals surface area (Å²) in [5.41, 5.74) is 7.20. The number of nitrogens with one attached hydrogen (secondary N) is 4. The van der Waals surface area contributed by atoms with Crippen LogP contribution >= 0.6 is 0 Å². The van der Waals surface area contributed by atoms with Crippen molar-refractivity contribution in [2.75, 3.05) is 52.9 Å². The fourth-order valence-corrected chi connectivity index (χ4v) is 21.1. The lowest BCUT2D eigenvalue weighted by Gasteiger charge is -2.66. The largest absolute Gasteiger partial charge is 0.394 e. The molecule has 14 aliphatic carbocycles. The van der Waals surface area contributed by atoms with E-state index in [4.69, 9.17) is 0 Å². The Bertz CT molecular complexity index is 3880. The Morgan fingerprint density at radius 1 is 0.527 bits per heavy atom. The predicted octanol–water partition coefficient (Wildman–Crippen LogP) is -2.73. The lowest BCUT2D eigenvalue weighted by atomic mass is 9.33. The van der Waals surface area contributed by atoms with Crippen LogP contribution in [0.1, 0.15) is 64.5 Å². The maximum atomic E-state index is 16.0. The smallest absolute Gasteiger partial charge is 0.244 e. The van der Waals surface area contributed by atoms with Gasteiger partial charge >= 0.3 is 0 Å². The van der Waals surface area contributed by atoms with Crippen LogP contribution in [0, 0.1) is 58.2 Å². The minimum Gasteiger partial charge on any atom is -0.394 e. The van der Waals surface area contributed by atoms with Gasteiger partial charge in [0.25, 0.3) is 0 Å². The summed E-state index contributed by atoms with van der Waals surface area (Å²) in [5.74, 6) is -2.92. The second-order valence-corrected chi connectivity index (χ2v) is 24.6. The summed E-state index contributed by atoms with van der Waals surface area (Å²) in [6.45, 7) is -4.40. The van der Waals surface area contributed by atoms with Gasteiger partial charge in [0, 0.05) is 29.1 Å². The fourth-order valence-electron chi connectivity index (χ4n) is 21.1. The molecule has 5 aromatic rings. The molecule has 0 aromatic heterocycles. The van der Waals surface area contributed by atoms with Crippen molar-refractivity contribution in [1.29, 1.82) is 0 Å². The van der Waals surface area contributed by atoms with Crippen LogP contribution in [-0.4, -0.2) is 142 Å².